The van der Waals surface area contributed by atoms with Gasteiger partial charge in [0, 0.05) is 6.92 Å². The van der Waals surface area contributed by atoms with Gasteiger partial charge in [0.25, 0.3) is 0 Å². The zero-order valence-corrected chi connectivity index (χ0v) is 8.22. The van der Waals surface area contributed by atoms with Gasteiger partial charge < -0.3 is 4.42 Å². The summed E-state index contributed by atoms with van der Waals surface area (Å²) in [7, 11) is 0. The van der Waals surface area contributed by atoms with E-state index in [1.165, 1.54) is 11.1 Å². The molecule has 2 heteroatoms. The zero-order chi connectivity index (χ0) is 9.42. The van der Waals surface area contributed by atoms with E-state index in [0.29, 0.717) is 0 Å². The van der Waals surface area contributed by atoms with Gasteiger partial charge in [-0.15, -0.1) is 0 Å². The van der Waals surface area contributed by atoms with Crippen molar-refractivity contribution in [1.82, 2.24) is 4.98 Å². The largest absolute Gasteiger partial charge is 0.441 e. The van der Waals surface area contributed by atoms with E-state index >= 15 is 0 Å². The lowest BCUT2D eigenvalue weighted by Crippen LogP contribution is -1.82. The minimum Gasteiger partial charge on any atom is -0.441 e. The molecule has 0 amide bonds. The Labute approximate surface area is 77.6 Å². The van der Waals surface area contributed by atoms with Crippen LogP contribution < -0.4 is 0 Å². The van der Waals surface area contributed by atoms with E-state index in [-0.39, 0.29) is 0 Å². The Morgan fingerprint density at radius 3 is 2.77 bits per heavy atom. The van der Waals surface area contributed by atoms with Crippen molar-refractivity contribution >= 4 is 11.1 Å². The van der Waals surface area contributed by atoms with E-state index in [2.05, 4.69) is 31.0 Å². The number of hydrogen-bond acceptors (Lipinski definition) is 2. The number of benzene rings is 1. The van der Waals surface area contributed by atoms with Gasteiger partial charge in [0.1, 0.15) is 5.52 Å². The highest BCUT2D eigenvalue weighted by Gasteiger charge is 2.05. The number of aromatic nitrogens is 1. The second-order valence-corrected chi connectivity index (χ2v) is 3.35. The van der Waals surface area contributed by atoms with Crippen LogP contribution in [0.1, 0.15) is 23.9 Å². The van der Waals surface area contributed by atoms with Crippen LogP contribution in [0.25, 0.3) is 11.1 Å². The van der Waals surface area contributed by atoms with Crippen LogP contribution in [0.5, 0.6) is 0 Å². The summed E-state index contributed by atoms with van der Waals surface area (Å²) < 4.78 is 5.49. The van der Waals surface area contributed by atoms with Gasteiger partial charge in [0.05, 0.1) is 0 Å². The number of fused-ring (bicyclic) bond motifs is 1. The topological polar surface area (TPSA) is 26.0 Å². The molecule has 0 unspecified atom stereocenters. The van der Waals surface area contributed by atoms with Gasteiger partial charge in [0.15, 0.2) is 11.5 Å². The van der Waals surface area contributed by atoms with Gasteiger partial charge in [-0.3, -0.25) is 0 Å². The molecule has 68 valence electrons. The van der Waals surface area contributed by atoms with Crippen molar-refractivity contribution in [2.75, 3.05) is 0 Å². The second-order valence-electron chi connectivity index (χ2n) is 3.35. The van der Waals surface area contributed by atoms with Crippen LogP contribution in [-0.2, 0) is 6.42 Å². The molecule has 0 fully saturated rings. The molecular formula is C11H13NO. The Bertz CT molecular complexity index is 443. The molecule has 2 nitrogen and oxygen atoms in total. The van der Waals surface area contributed by atoms with Crippen molar-refractivity contribution in [2.24, 2.45) is 0 Å². The van der Waals surface area contributed by atoms with Crippen LogP contribution in [-0.4, -0.2) is 4.98 Å². The molecule has 0 saturated carbocycles. The first-order valence-corrected chi connectivity index (χ1v) is 4.57. The maximum absolute atomic E-state index is 5.49. The molecular weight excluding hydrogens is 162 g/mol. The Morgan fingerprint density at radius 1 is 1.31 bits per heavy atom. The van der Waals surface area contributed by atoms with Crippen molar-refractivity contribution in [3.8, 4) is 0 Å². The monoisotopic (exact) mass is 175 g/mol. The van der Waals surface area contributed by atoms with Gasteiger partial charge in [-0.1, -0.05) is 13.0 Å². The maximum atomic E-state index is 5.49. The van der Waals surface area contributed by atoms with Gasteiger partial charge in [-0.2, -0.15) is 0 Å². The van der Waals surface area contributed by atoms with Crippen LogP contribution in [0.15, 0.2) is 16.5 Å². The lowest BCUT2D eigenvalue weighted by molar-refractivity contribution is 0.559. The van der Waals surface area contributed by atoms with Crippen molar-refractivity contribution in [3.05, 3.63) is 29.2 Å². The highest BCUT2D eigenvalue weighted by molar-refractivity contribution is 5.77. The Hall–Kier alpha value is -1.31. The quantitative estimate of drug-likeness (QED) is 0.665. The molecule has 0 atom stereocenters. The summed E-state index contributed by atoms with van der Waals surface area (Å²) in [6.45, 7) is 6.09. The van der Waals surface area contributed by atoms with Crippen LogP contribution in [0.3, 0.4) is 0 Å². The molecule has 0 spiro atoms. The third kappa shape index (κ3) is 1.32. The molecule has 1 aromatic heterocycles. The van der Waals surface area contributed by atoms with Crippen LogP contribution in [0.4, 0.5) is 0 Å². The predicted molar refractivity (Wildman–Crippen MR) is 52.9 cm³/mol. The SMILES string of the molecule is CCc1cc(C)c2oc(C)nc2c1. The molecule has 0 radical (unpaired) electrons. The fraction of sp³-hybridized carbons (Fsp3) is 0.364. The van der Waals surface area contributed by atoms with Gasteiger partial charge >= 0.3 is 0 Å². The van der Waals surface area contributed by atoms with E-state index in [1.807, 2.05) is 6.92 Å². The highest BCUT2D eigenvalue weighted by atomic mass is 16.3. The molecule has 0 bridgehead atoms. The predicted octanol–water partition coefficient (Wildman–Crippen LogP) is 3.01. The molecule has 1 aromatic carbocycles. The number of nitrogens with zero attached hydrogens (tertiary/aromatic N) is 1. The molecule has 0 aliphatic rings. The van der Waals surface area contributed by atoms with Crippen molar-refractivity contribution in [3.63, 3.8) is 0 Å². The van der Waals surface area contributed by atoms with E-state index in [1.54, 1.807) is 0 Å². The summed E-state index contributed by atoms with van der Waals surface area (Å²) in [6, 6.07) is 4.26. The lowest BCUT2D eigenvalue weighted by atomic mass is 10.1. The summed E-state index contributed by atoms with van der Waals surface area (Å²) in [5.74, 6) is 0.742. The number of rotatable bonds is 1. The van der Waals surface area contributed by atoms with Gasteiger partial charge in [-0.25, -0.2) is 4.98 Å². The van der Waals surface area contributed by atoms with Crippen LogP contribution in [0.2, 0.25) is 0 Å². The smallest absolute Gasteiger partial charge is 0.192 e. The van der Waals surface area contributed by atoms with Gasteiger partial charge in [0.2, 0.25) is 0 Å². The van der Waals surface area contributed by atoms with Gasteiger partial charge in [-0.05, 0) is 30.5 Å². The van der Waals surface area contributed by atoms with E-state index < -0.39 is 0 Å². The fourth-order valence-electron chi connectivity index (χ4n) is 1.59. The maximum Gasteiger partial charge on any atom is 0.192 e. The van der Waals surface area contributed by atoms with Crippen molar-refractivity contribution in [1.29, 1.82) is 0 Å². The highest BCUT2D eigenvalue weighted by Crippen LogP contribution is 2.21. The minimum absolute atomic E-state index is 0.742. The molecule has 2 aromatic rings. The second kappa shape index (κ2) is 2.87. The van der Waals surface area contributed by atoms with E-state index in [4.69, 9.17) is 4.42 Å². The first kappa shape index (κ1) is 8.30. The standard InChI is InChI=1S/C11H13NO/c1-4-9-5-7(2)11-10(6-9)12-8(3)13-11/h5-6H,4H2,1-3H3. The molecule has 2 rings (SSSR count). The number of hydrogen-bond donors (Lipinski definition) is 0. The summed E-state index contributed by atoms with van der Waals surface area (Å²) in [4.78, 5) is 4.32. The minimum atomic E-state index is 0.742. The summed E-state index contributed by atoms with van der Waals surface area (Å²) in [6.07, 6.45) is 1.04. The third-order valence-electron chi connectivity index (χ3n) is 2.25. The molecule has 0 aliphatic heterocycles. The Kier molecular flexibility index (Phi) is 1.83. The molecule has 1 heterocycles. The molecule has 0 N–H and O–H groups in total. The molecule has 13 heavy (non-hydrogen) atoms. The summed E-state index contributed by atoms with van der Waals surface area (Å²) >= 11 is 0. The van der Waals surface area contributed by atoms with E-state index in [9.17, 15) is 0 Å². The fourth-order valence-corrected chi connectivity index (χ4v) is 1.59. The zero-order valence-electron chi connectivity index (χ0n) is 8.22. The van der Waals surface area contributed by atoms with Crippen molar-refractivity contribution < 1.29 is 4.42 Å². The van der Waals surface area contributed by atoms with E-state index in [0.717, 1.165) is 23.4 Å². The first-order valence-electron chi connectivity index (χ1n) is 4.57. The normalized spacial score (nSPS) is 11.0. The first-order chi connectivity index (χ1) is 6.20. The van der Waals surface area contributed by atoms with Crippen LogP contribution >= 0.6 is 0 Å². The molecule has 0 saturated heterocycles. The van der Waals surface area contributed by atoms with Crippen molar-refractivity contribution in [2.45, 2.75) is 27.2 Å². The summed E-state index contributed by atoms with van der Waals surface area (Å²) in [5, 5.41) is 0. The summed E-state index contributed by atoms with van der Waals surface area (Å²) in [5.41, 5.74) is 4.40. The number of oxazole rings is 1. The number of aryl methyl sites for hydroxylation is 3. The lowest BCUT2D eigenvalue weighted by Gasteiger charge is -1.98. The Morgan fingerprint density at radius 2 is 2.08 bits per heavy atom. The molecule has 0 aliphatic carbocycles. The Balaban J connectivity index is 2.75. The van der Waals surface area contributed by atoms with Crippen LogP contribution in [0, 0.1) is 13.8 Å². The average molecular weight is 175 g/mol. The third-order valence-corrected chi connectivity index (χ3v) is 2.25. The average Bonchev–Trinajstić information content (AvgIpc) is 2.46.